The summed E-state index contributed by atoms with van der Waals surface area (Å²) < 4.78 is 8.24. The van der Waals surface area contributed by atoms with Crippen molar-refractivity contribution in [3.05, 3.63) is 47.7 Å². The van der Waals surface area contributed by atoms with Crippen molar-refractivity contribution in [2.24, 2.45) is 5.92 Å². The van der Waals surface area contributed by atoms with Crippen LogP contribution >= 0.6 is 0 Å². The first-order valence-electron chi connectivity index (χ1n) is 8.66. The van der Waals surface area contributed by atoms with E-state index in [1.54, 1.807) is 0 Å². The predicted octanol–water partition coefficient (Wildman–Crippen LogP) is 3.93. The van der Waals surface area contributed by atoms with Crippen molar-refractivity contribution in [1.29, 1.82) is 0 Å². The third-order valence-electron chi connectivity index (χ3n) is 4.59. The molecule has 1 aliphatic carbocycles. The third kappa shape index (κ3) is 4.14. The molecule has 1 fully saturated rings. The molecule has 0 amide bonds. The number of ether oxygens (including phenoxy) is 1. The molecule has 1 saturated carbocycles. The maximum atomic E-state index is 6.11. The first kappa shape index (κ1) is 16.1. The minimum atomic E-state index is 0.468. The van der Waals surface area contributed by atoms with Crippen LogP contribution in [-0.2, 0) is 13.2 Å². The van der Waals surface area contributed by atoms with Crippen LogP contribution in [0, 0.1) is 5.92 Å². The molecule has 124 valence electrons. The molecule has 0 bridgehead atoms. The van der Waals surface area contributed by atoms with Gasteiger partial charge in [0.25, 0.3) is 0 Å². The molecule has 2 atom stereocenters. The van der Waals surface area contributed by atoms with E-state index in [0.717, 1.165) is 24.0 Å². The Morgan fingerprint density at radius 2 is 2.09 bits per heavy atom. The fourth-order valence-electron chi connectivity index (χ4n) is 3.42. The highest BCUT2D eigenvalue weighted by Crippen LogP contribution is 2.34. The van der Waals surface area contributed by atoms with E-state index in [1.165, 1.54) is 31.2 Å². The van der Waals surface area contributed by atoms with E-state index in [1.807, 2.05) is 25.2 Å². The highest BCUT2D eigenvalue weighted by Gasteiger charge is 2.24. The molecule has 4 nitrogen and oxygen atoms in total. The van der Waals surface area contributed by atoms with E-state index in [-0.39, 0.29) is 0 Å². The quantitative estimate of drug-likeness (QED) is 0.878. The first-order chi connectivity index (χ1) is 11.3. The van der Waals surface area contributed by atoms with Crippen LogP contribution in [0.4, 0.5) is 0 Å². The monoisotopic (exact) mass is 313 g/mol. The Bertz CT molecular complexity index is 608. The van der Waals surface area contributed by atoms with Gasteiger partial charge in [-0.3, -0.25) is 0 Å². The highest BCUT2D eigenvalue weighted by molar-refractivity contribution is 5.19. The summed E-state index contributed by atoms with van der Waals surface area (Å²) in [5.41, 5.74) is 2.24. The van der Waals surface area contributed by atoms with Crippen molar-refractivity contribution in [2.75, 3.05) is 7.05 Å². The van der Waals surface area contributed by atoms with E-state index >= 15 is 0 Å². The van der Waals surface area contributed by atoms with E-state index < -0.39 is 0 Å². The van der Waals surface area contributed by atoms with Crippen molar-refractivity contribution in [2.45, 2.75) is 51.8 Å². The number of benzene rings is 1. The van der Waals surface area contributed by atoms with Gasteiger partial charge in [0.2, 0.25) is 5.88 Å². The van der Waals surface area contributed by atoms with E-state index in [9.17, 15) is 0 Å². The number of nitrogens with one attached hydrogen (secondary N) is 1. The molecule has 1 aliphatic rings. The number of hydrogen-bond donors (Lipinski definition) is 1. The lowest BCUT2D eigenvalue weighted by molar-refractivity contribution is 0.216. The SMILES string of the molecule is CNCc1cc(OCc2ccccc2)n([C@H]2CCC[C@@H](C)C2)n1. The van der Waals surface area contributed by atoms with Crippen LogP contribution in [0.15, 0.2) is 36.4 Å². The van der Waals surface area contributed by atoms with Crippen LogP contribution in [0.1, 0.15) is 49.9 Å². The van der Waals surface area contributed by atoms with Gasteiger partial charge >= 0.3 is 0 Å². The van der Waals surface area contributed by atoms with Gasteiger partial charge in [-0.1, -0.05) is 50.1 Å². The second-order valence-electron chi connectivity index (χ2n) is 6.65. The molecule has 23 heavy (non-hydrogen) atoms. The Morgan fingerprint density at radius 3 is 2.83 bits per heavy atom. The van der Waals surface area contributed by atoms with Gasteiger partial charge in [-0.15, -0.1) is 0 Å². The van der Waals surface area contributed by atoms with Gasteiger partial charge in [-0.25, -0.2) is 4.68 Å². The van der Waals surface area contributed by atoms with E-state index in [2.05, 4.69) is 35.1 Å². The van der Waals surface area contributed by atoms with Crippen molar-refractivity contribution in [1.82, 2.24) is 15.1 Å². The molecule has 4 heteroatoms. The maximum Gasteiger partial charge on any atom is 0.212 e. The topological polar surface area (TPSA) is 39.1 Å². The second-order valence-corrected chi connectivity index (χ2v) is 6.65. The van der Waals surface area contributed by atoms with Gasteiger partial charge in [0, 0.05) is 12.6 Å². The third-order valence-corrected chi connectivity index (χ3v) is 4.59. The lowest BCUT2D eigenvalue weighted by Gasteiger charge is -2.28. The van der Waals surface area contributed by atoms with Crippen LogP contribution in [0.5, 0.6) is 5.88 Å². The Morgan fingerprint density at radius 1 is 1.26 bits per heavy atom. The van der Waals surface area contributed by atoms with Crippen molar-refractivity contribution >= 4 is 0 Å². The molecule has 2 aromatic rings. The zero-order chi connectivity index (χ0) is 16.1. The molecule has 1 aromatic carbocycles. The number of aromatic nitrogens is 2. The molecule has 1 N–H and O–H groups in total. The molecule has 1 heterocycles. The predicted molar refractivity (Wildman–Crippen MR) is 92.4 cm³/mol. The minimum absolute atomic E-state index is 0.468. The molecular weight excluding hydrogens is 286 g/mol. The average Bonchev–Trinajstić information content (AvgIpc) is 2.97. The number of hydrogen-bond acceptors (Lipinski definition) is 3. The van der Waals surface area contributed by atoms with E-state index in [0.29, 0.717) is 12.6 Å². The smallest absolute Gasteiger partial charge is 0.212 e. The maximum absolute atomic E-state index is 6.11. The van der Waals surface area contributed by atoms with E-state index in [4.69, 9.17) is 9.84 Å². The van der Waals surface area contributed by atoms with Crippen LogP contribution in [0.2, 0.25) is 0 Å². The Labute approximate surface area is 138 Å². The summed E-state index contributed by atoms with van der Waals surface area (Å²) in [6.07, 6.45) is 5.02. The molecule has 0 unspecified atom stereocenters. The van der Waals surface area contributed by atoms with Crippen molar-refractivity contribution in [3.8, 4) is 5.88 Å². The average molecular weight is 313 g/mol. The Hall–Kier alpha value is -1.81. The fraction of sp³-hybridized carbons (Fsp3) is 0.526. The second kappa shape index (κ2) is 7.64. The number of nitrogens with zero attached hydrogens (tertiary/aromatic N) is 2. The van der Waals surface area contributed by atoms with Gasteiger partial charge in [-0.2, -0.15) is 5.10 Å². The summed E-state index contributed by atoms with van der Waals surface area (Å²) in [5, 5.41) is 7.98. The van der Waals surface area contributed by atoms with Crippen molar-refractivity contribution in [3.63, 3.8) is 0 Å². The summed E-state index contributed by atoms with van der Waals surface area (Å²) in [4.78, 5) is 0. The van der Waals surface area contributed by atoms with Crippen molar-refractivity contribution < 1.29 is 4.74 Å². The fourth-order valence-corrected chi connectivity index (χ4v) is 3.42. The minimum Gasteiger partial charge on any atom is -0.473 e. The Balaban J connectivity index is 1.76. The standard InChI is InChI=1S/C19H27N3O/c1-15-7-6-10-18(11-15)22-19(12-17(21-22)13-20-2)23-14-16-8-4-3-5-9-16/h3-5,8-9,12,15,18,20H,6-7,10-11,13-14H2,1-2H3/t15-,18+/m1/s1. The van der Waals surface area contributed by atoms with Gasteiger partial charge in [-0.05, 0) is 31.4 Å². The molecule has 1 aromatic heterocycles. The van der Waals surface area contributed by atoms with Gasteiger partial charge in [0.1, 0.15) is 6.61 Å². The van der Waals surface area contributed by atoms with Gasteiger partial charge in [0.15, 0.2) is 0 Å². The normalized spacial score (nSPS) is 21.3. The van der Waals surface area contributed by atoms with Crippen LogP contribution in [0.3, 0.4) is 0 Å². The molecule has 0 radical (unpaired) electrons. The number of rotatable bonds is 6. The molecule has 0 saturated heterocycles. The van der Waals surface area contributed by atoms with Crippen LogP contribution < -0.4 is 10.1 Å². The lowest BCUT2D eigenvalue weighted by atomic mass is 9.87. The van der Waals surface area contributed by atoms with Gasteiger partial charge in [0.05, 0.1) is 11.7 Å². The summed E-state index contributed by atoms with van der Waals surface area (Å²) in [5.74, 6) is 1.67. The first-order valence-corrected chi connectivity index (χ1v) is 8.66. The molecule has 0 aliphatic heterocycles. The highest BCUT2D eigenvalue weighted by atomic mass is 16.5. The van der Waals surface area contributed by atoms with Gasteiger partial charge < -0.3 is 10.1 Å². The van der Waals surface area contributed by atoms with Crippen LogP contribution in [0.25, 0.3) is 0 Å². The van der Waals surface area contributed by atoms with Crippen LogP contribution in [-0.4, -0.2) is 16.8 Å². The molecular formula is C19H27N3O. The lowest BCUT2D eigenvalue weighted by Crippen LogP contribution is -2.20. The summed E-state index contributed by atoms with van der Waals surface area (Å²) in [6.45, 7) is 3.71. The summed E-state index contributed by atoms with van der Waals surface area (Å²) in [7, 11) is 1.95. The largest absolute Gasteiger partial charge is 0.473 e. The molecule has 0 spiro atoms. The zero-order valence-electron chi connectivity index (χ0n) is 14.2. The summed E-state index contributed by atoms with van der Waals surface area (Å²) in [6, 6.07) is 12.9. The Kier molecular flexibility index (Phi) is 5.34. The zero-order valence-corrected chi connectivity index (χ0v) is 14.2. The molecule has 3 rings (SSSR count). The summed E-state index contributed by atoms with van der Waals surface area (Å²) >= 11 is 0.